The van der Waals surface area contributed by atoms with Gasteiger partial charge in [0.2, 0.25) is 0 Å². The van der Waals surface area contributed by atoms with Crippen LogP contribution in [0.1, 0.15) is 5.56 Å². The lowest BCUT2D eigenvalue weighted by molar-refractivity contribution is -0.140. The van der Waals surface area contributed by atoms with Gasteiger partial charge in [0.25, 0.3) is 5.91 Å². The van der Waals surface area contributed by atoms with Gasteiger partial charge in [0, 0.05) is 0 Å². The minimum absolute atomic E-state index is 0.0434. The Hall–Kier alpha value is -1.58. The van der Waals surface area contributed by atoms with Crippen molar-refractivity contribution >= 4 is 62.2 Å². The molecule has 0 atom stereocenters. The molecule has 1 fully saturated rings. The van der Waals surface area contributed by atoms with Crippen molar-refractivity contribution in [3.8, 4) is 11.5 Å². The summed E-state index contributed by atoms with van der Waals surface area (Å²) < 4.78 is 5.65. The number of amides is 1. The van der Waals surface area contributed by atoms with Crippen molar-refractivity contribution in [3.63, 3.8) is 0 Å². The zero-order chi connectivity index (χ0) is 16.4. The molecular weight excluding hydrogens is 394 g/mol. The first-order valence-corrected chi connectivity index (χ1v) is 7.89. The smallest absolute Gasteiger partial charge is 0.323 e. The summed E-state index contributed by atoms with van der Waals surface area (Å²) >= 11 is 9.24. The SMILES string of the molecule is COc1cc(/C=C2\SC(=S)N(CC(=O)O)C2=O)cc(Br)c1O. The molecule has 1 aromatic carbocycles. The van der Waals surface area contributed by atoms with Crippen LogP contribution in [-0.2, 0) is 9.59 Å². The van der Waals surface area contributed by atoms with E-state index in [0.717, 1.165) is 16.7 Å². The first-order valence-electron chi connectivity index (χ1n) is 5.87. The second-order valence-corrected chi connectivity index (χ2v) is 6.75. The van der Waals surface area contributed by atoms with E-state index in [1.807, 2.05) is 0 Å². The number of hydrogen-bond acceptors (Lipinski definition) is 6. The summed E-state index contributed by atoms with van der Waals surface area (Å²) in [6.45, 7) is -0.468. The molecule has 1 aliphatic rings. The number of carbonyl (C=O) groups is 2. The van der Waals surface area contributed by atoms with Crippen LogP contribution in [0.4, 0.5) is 0 Å². The van der Waals surface area contributed by atoms with E-state index in [2.05, 4.69) is 15.9 Å². The number of aromatic hydroxyl groups is 1. The van der Waals surface area contributed by atoms with Crippen molar-refractivity contribution in [2.45, 2.75) is 0 Å². The fourth-order valence-corrected chi connectivity index (χ4v) is 3.47. The number of phenolic OH excluding ortho intramolecular Hbond substituents is 1. The van der Waals surface area contributed by atoms with Crippen LogP contribution in [0.5, 0.6) is 11.5 Å². The Labute approximate surface area is 143 Å². The Morgan fingerprint density at radius 1 is 1.55 bits per heavy atom. The van der Waals surface area contributed by atoms with Crippen LogP contribution in [-0.4, -0.2) is 45.0 Å². The second-order valence-electron chi connectivity index (χ2n) is 4.22. The summed E-state index contributed by atoms with van der Waals surface area (Å²) in [5.41, 5.74) is 0.609. The van der Waals surface area contributed by atoms with Crippen LogP contribution in [0.25, 0.3) is 6.08 Å². The molecule has 0 aliphatic carbocycles. The van der Waals surface area contributed by atoms with E-state index < -0.39 is 18.4 Å². The van der Waals surface area contributed by atoms with Gasteiger partial charge in [-0.15, -0.1) is 0 Å². The maximum atomic E-state index is 12.2. The molecule has 0 radical (unpaired) electrons. The molecule has 0 saturated carbocycles. The van der Waals surface area contributed by atoms with Gasteiger partial charge in [-0.3, -0.25) is 14.5 Å². The first-order chi connectivity index (χ1) is 10.3. The number of hydrogen-bond donors (Lipinski definition) is 2. The summed E-state index contributed by atoms with van der Waals surface area (Å²) in [7, 11) is 1.41. The third-order valence-corrected chi connectivity index (χ3v) is 4.72. The van der Waals surface area contributed by atoms with Gasteiger partial charge in [0.05, 0.1) is 16.5 Å². The number of phenols is 1. The van der Waals surface area contributed by atoms with Crippen LogP contribution in [0.3, 0.4) is 0 Å². The summed E-state index contributed by atoms with van der Waals surface area (Å²) in [6.07, 6.45) is 1.56. The van der Waals surface area contributed by atoms with Gasteiger partial charge in [-0.25, -0.2) is 0 Å². The lowest BCUT2D eigenvalue weighted by atomic mass is 10.2. The number of benzene rings is 1. The van der Waals surface area contributed by atoms with Gasteiger partial charge in [-0.2, -0.15) is 0 Å². The molecule has 1 aliphatic heterocycles. The lowest BCUT2D eigenvalue weighted by Gasteiger charge is -2.10. The van der Waals surface area contributed by atoms with Crippen LogP contribution >= 0.6 is 39.9 Å². The van der Waals surface area contributed by atoms with Crippen molar-refractivity contribution in [2.24, 2.45) is 0 Å². The predicted octanol–water partition coefficient (Wildman–Crippen LogP) is 2.45. The number of carboxylic acids is 1. The lowest BCUT2D eigenvalue weighted by Crippen LogP contribution is -2.33. The standard InChI is InChI=1S/C13H10BrNO5S2/c1-20-8-3-6(2-7(14)11(8)18)4-9-12(19)15(5-10(16)17)13(21)22-9/h2-4,18H,5H2,1H3,(H,16,17)/b9-4-. The molecule has 0 aromatic heterocycles. The van der Waals surface area contributed by atoms with Gasteiger partial charge in [-0.05, 0) is 39.7 Å². The van der Waals surface area contributed by atoms with Crippen molar-refractivity contribution in [1.29, 1.82) is 0 Å². The van der Waals surface area contributed by atoms with Gasteiger partial charge in [-0.1, -0.05) is 24.0 Å². The number of aliphatic carboxylic acids is 1. The van der Waals surface area contributed by atoms with Crippen LogP contribution < -0.4 is 4.74 Å². The van der Waals surface area contributed by atoms with Crippen LogP contribution in [0.2, 0.25) is 0 Å². The fraction of sp³-hybridized carbons (Fsp3) is 0.154. The number of carboxylic acid groups (broad SMARTS) is 1. The maximum Gasteiger partial charge on any atom is 0.323 e. The predicted molar refractivity (Wildman–Crippen MR) is 89.9 cm³/mol. The Kier molecular flexibility index (Phi) is 5.09. The Bertz CT molecular complexity index is 704. The highest BCUT2D eigenvalue weighted by atomic mass is 79.9. The number of ether oxygens (including phenoxy) is 1. The molecule has 22 heavy (non-hydrogen) atoms. The highest BCUT2D eigenvalue weighted by molar-refractivity contribution is 9.10. The summed E-state index contributed by atoms with van der Waals surface area (Å²) in [5, 5.41) is 18.5. The van der Waals surface area contributed by atoms with Crippen LogP contribution in [0.15, 0.2) is 21.5 Å². The third kappa shape index (κ3) is 3.42. The molecule has 1 amide bonds. The van der Waals surface area contributed by atoms with Gasteiger partial charge >= 0.3 is 5.97 Å². The number of methoxy groups -OCH3 is 1. The number of rotatable bonds is 4. The molecule has 0 bridgehead atoms. The van der Waals surface area contributed by atoms with Crippen molar-refractivity contribution < 1.29 is 24.5 Å². The largest absolute Gasteiger partial charge is 0.503 e. The first kappa shape index (κ1) is 16.8. The molecule has 0 unspecified atom stereocenters. The number of thiocarbonyl (C=S) groups is 1. The molecule has 1 saturated heterocycles. The van der Waals surface area contributed by atoms with Gasteiger partial charge in [0.1, 0.15) is 10.9 Å². The highest BCUT2D eigenvalue weighted by Crippen LogP contribution is 2.38. The Morgan fingerprint density at radius 3 is 2.82 bits per heavy atom. The monoisotopic (exact) mass is 403 g/mol. The minimum atomic E-state index is -1.13. The number of carbonyl (C=O) groups excluding carboxylic acids is 1. The molecule has 9 heteroatoms. The van der Waals surface area contributed by atoms with E-state index in [9.17, 15) is 14.7 Å². The van der Waals surface area contributed by atoms with E-state index in [0.29, 0.717) is 14.9 Å². The quantitative estimate of drug-likeness (QED) is 0.589. The molecule has 0 spiro atoms. The Morgan fingerprint density at radius 2 is 2.23 bits per heavy atom. The van der Waals surface area contributed by atoms with Crippen molar-refractivity contribution in [2.75, 3.05) is 13.7 Å². The average molecular weight is 404 g/mol. The second kappa shape index (κ2) is 6.67. The molecule has 2 rings (SSSR count). The molecule has 2 N–H and O–H groups in total. The van der Waals surface area contributed by atoms with Crippen molar-refractivity contribution in [3.05, 3.63) is 27.1 Å². The zero-order valence-electron chi connectivity index (χ0n) is 11.2. The number of nitrogens with zero attached hydrogens (tertiary/aromatic N) is 1. The number of halogens is 1. The summed E-state index contributed by atoms with van der Waals surface area (Å²) in [6, 6.07) is 3.17. The zero-order valence-corrected chi connectivity index (χ0v) is 14.4. The molecule has 1 heterocycles. The Balaban J connectivity index is 2.34. The van der Waals surface area contributed by atoms with Gasteiger partial charge < -0.3 is 14.9 Å². The minimum Gasteiger partial charge on any atom is -0.503 e. The van der Waals surface area contributed by atoms with Gasteiger partial charge in [0.15, 0.2) is 11.5 Å². The van der Waals surface area contributed by atoms with E-state index in [-0.39, 0.29) is 15.8 Å². The third-order valence-electron chi connectivity index (χ3n) is 2.74. The van der Waals surface area contributed by atoms with E-state index >= 15 is 0 Å². The van der Waals surface area contributed by atoms with E-state index in [4.69, 9.17) is 22.1 Å². The summed E-state index contributed by atoms with van der Waals surface area (Å²) in [4.78, 5) is 24.2. The maximum absolute atomic E-state index is 12.2. The normalized spacial score (nSPS) is 16.5. The molecule has 1 aromatic rings. The molecule has 6 nitrogen and oxygen atoms in total. The fourth-order valence-electron chi connectivity index (χ4n) is 1.76. The summed E-state index contributed by atoms with van der Waals surface area (Å²) in [5.74, 6) is -1.38. The van der Waals surface area contributed by atoms with Crippen molar-refractivity contribution in [1.82, 2.24) is 4.90 Å². The molecule has 116 valence electrons. The topological polar surface area (TPSA) is 87.1 Å². The van der Waals surface area contributed by atoms with Crippen LogP contribution in [0, 0.1) is 0 Å². The van der Waals surface area contributed by atoms with E-state index in [1.54, 1.807) is 18.2 Å². The van der Waals surface area contributed by atoms with E-state index in [1.165, 1.54) is 7.11 Å². The average Bonchev–Trinajstić information content (AvgIpc) is 2.70. The highest BCUT2D eigenvalue weighted by Gasteiger charge is 2.33. The molecular formula is C13H10BrNO5S2. The number of thioether (sulfide) groups is 1.